The van der Waals surface area contributed by atoms with Crippen LogP contribution in [0.4, 0.5) is 0 Å². The van der Waals surface area contributed by atoms with Crippen LogP contribution < -0.4 is 5.69 Å². The number of aryl methyl sites for hydroxylation is 1. The van der Waals surface area contributed by atoms with E-state index >= 15 is 0 Å². The number of ether oxygens (including phenoxy) is 1. The minimum atomic E-state index is -0.134. The van der Waals surface area contributed by atoms with Crippen LogP contribution in [0.15, 0.2) is 34.3 Å². The number of pyridine rings is 1. The van der Waals surface area contributed by atoms with E-state index in [9.17, 15) is 4.79 Å². The van der Waals surface area contributed by atoms with Gasteiger partial charge in [-0.1, -0.05) is 17.8 Å². The van der Waals surface area contributed by atoms with Crippen molar-refractivity contribution >= 4 is 17.4 Å². The fourth-order valence-corrected chi connectivity index (χ4v) is 3.53. The van der Waals surface area contributed by atoms with Crippen molar-refractivity contribution in [2.24, 2.45) is 0 Å². The molecule has 0 N–H and O–H groups in total. The molecule has 4 rings (SSSR count). The Morgan fingerprint density at radius 1 is 1.33 bits per heavy atom. The van der Waals surface area contributed by atoms with E-state index in [1.807, 2.05) is 18.2 Å². The van der Waals surface area contributed by atoms with E-state index < -0.39 is 0 Å². The smallest absolute Gasteiger partial charge is 0.350 e. The van der Waals surface area contributed by atoms with Crippen LogP contribution >= 0.6 is 11.8 Å². The van der Waals surface area contributed by atoms with Crippen LogP contribution in [0.5, 0.6) is 0 Å². The summed E-state index contributed by atoms with van der Waals surface area (Å²) in [5.74, 6) is 0.662. The fraction of sp³-hybridized carbons (Fsp3) is 0.500. The monoisotopic (exact) mass is 347 g/mol. The van der Waals surface area contributed by atoms with Gasteiger partial charge in [0.05, 0.1) is 19.2 Å². The lowest BCUT2D eigenvalue weighted by Crippen LogP contribution is -2.22. The lowest BCUT2D eigenvalue weighted by molar-refractivity contribution is 0.0912. The first-order chi connectivity index (χ1) is 11.8. The molecule has 9 nitrogen and oxygen atoms in total. The molecule has 0 aromatic carbocycles. The van der Waals surface area contributed by atoms with Crippen molar-refractivity contribution in [2.45, 2.75) is 37.2 Å². The van der Waals surface area contributed by atoms with Gasteiger partial charge in [-0.3, -0.25) is 4.40 Å². The summed E-state index contributed by atoms with van der Waals surface area (Å²) >= 11 is 1.51. The van der Waals surface area contributed by atoms with Crippen LogP contribution in [0.2, 0.25) is 0 Å². The second-order valence-electron chi connectivity index (χ2n) is 5.56. The maximum Gasteiger partial charge on any atom is 0.350 e. The summed E-state index contributed by atoms with van der Waals surface area (Å²) < 4.78 is 10.4. The van der Waals surface area contributed by atoms with Crippen LogP contribution in [0.1, 0.15) is 12.8 Å². The lowest BCUT2D eigenvalue weighted by atomic mass is 10.2. The number of hydrogen-bond donors (Lipinski definition) is 0. The molecular weight excluding hydrogens is 330 g/mol. The molecule has 1 aliphatic rings. The highest BCUT2D eigenvalue weighted by Crippen LogP contribution is 2.18. The van der Waals surface area contributed by atoms with Crippen molar-refractivity contribution in [2.75, 3.05) is 12.4 Å². The van der Waals surface area contributed by atoms with Crippen LogP contribution in [0.25, 0.3) is 5.65 Å². The number of nitrogens with zero attached hydrogens (tertiary/aromatic N) is 7. The zero-order valence-electron chi connectivity index (χ0n) is 13.0. The average Bonchev–Trinajstić information content (AvgIpc) is 3.32. The van der Waals surface area contributed by atoms with E-state index in [0.29, 0.717) is 24.5 Å². The SMILES string of the molecule is O=c1n(CCSc2nnnn2CC2CCCO2)nc2ccccn12. The molecule has 0 radical (unpaired) electrons. The third-order valence-electron chi connectivity index (χ3n) is 3.92. The third-order valence-corrected chi connectivity index (χ3v) is 4.86. The Balaban J connectivity index is 1.39. The van der Waals surface area contributed by atoms with Gasteiger partial charge in [0.1, 0.15) is 0 Å². The average molecular weight is 347 g/mol. The van der Waals surface area contributed by atoms with Gasteiger partial charge in [-0.15, -0.1) is 10.2 Å². The Hall–Kier alpha value is -2.20. The van der Waals surface area contributed by atoms with Gasteiger partial charge < -0.3 is 4.74 Å². The summed E-state index contributed by atoms with van der Waals surface area (Å²) in [6.45, 7) is 1.98. The highest BCUT2D eigenvalue weighted by atomic mass is 32.2. The maximum absolute atomic E-state index is 12.2. The van der Waals surface area contributed by atoms with Crippen molar-refractivity contribution in [3.63, 3.8) is 0 Å². The van der Waals surface area contributed by atoms with Crippen molar-refractivity contribution < 1.29 is 4.74 Å². The molecule has 1 aliphatic heterocycles. The van der Waals surface area contributed by atoms with E-state index in [2.05, 4.69) is 20.6 Å². The number of tetrazole rings is 1. The Labute approximate surface area is 141 Å². The molecule has 3 aromatic heterocycles. The Bertz CT molecular complexity index is 881. The van der Waals surface area contributed by atoms with Gasteiger partial charge >= 0.3 is 5.69 Å². The van der Waals surface area contributed by atoms with E-state index in [1.165, 1.54) is 20.8 Å². The highest BCUT2D eigenvalue weighted by Gasteiger charge is 2.19. The minimum Gasteiger partial charge on any atom is -0.376 e. The summed E-state index contributed by atoms with van der Waals surface area (Å²) in [5, 5.41) is 16.9. The molecule has 1 atom stereocenters. The van der Waals surface area contributed by atoms with Crippen LogP contribution in [-0.4, -0.2) is 52.9 Å². The number of aromatic nitrogens is 7. The Morgan fingerprint density at radius 3 is 3.12 bits per heavy atom. The third kappa shape index (κ3) is 3.06. The highest BCUT2D eigenvalue weighted by molar-refractivity contribution is 7.99. The molecule has 0 aliphatic carbocycles. The molecule has 3 aromatic rings. The maximum atomic E-state index is 12.2. The summed E-state index contributed by atoms with van der Waals surface area (Å²) in [6, 6.07) is 5.49. The molecule has 1 fully saturated rings. The molecule has 24 heavy (non-hydrogen) atoms. The van der Waals surface area contributed by atoms with Crippen molar-refractivity contribution in [3.8, 4) is 0 Å². The molecular formula is C14H17N7O2S. The van der Waals surface area contributed by atoms with Gasteiger partial charge in [-0.2, -0.15) is 0 Å². The van der Waals surface area contributed by atoms with E-state index in [1.54, 1.807) is 10.9 Å². The van der Waals surface area contributed by atoms with E-state index in [4.69, 9.17) is 4.74 Å². The lowest BCUT2D eigenvalue weighted by Gasteiger charge is -2.09. The van der Waals surface area contributed by atoms with Crippen LogP contribution in [0, 0.1) is 0 Å². The molecule has 10 heteroatoms. The second-order valence-corrected chi connectivity index (χ2v) is 6.62. The summed E-state index contributed by atoms with van der Waals surface area (Å²) in [7, 11) is 0. The minimum absolute atomic E-state index is 0.134. The van der Waals surface area contributed by atoms with E-state index in [0.717, 1.165) is 24.6 Å². The largest absolute Gasteiger partial charge is 0.376 e. The number of rotatable bonds is 6. The second kappa shape index (κ2) is 6.73. The molecule has 126 valence electrons. The van der Waals surface area contributed by atoms with E-state index in [-0.39, 0.29) is 11.8 Å². The molecule has 0 spiro atoms. The van der Waals surface area contributed by atoms with Gasteiger partial charge in [0.25, 0.3) is 0 Å². The first-order valence-corrected chi connectivity index (χ1v) is 8.84. The normalized spacial score (nSPS) is 17.8. The topological polar surface area (TPSA) is 92.1 Å². The quantitative estimate of drug-likeness (QED) is 0.598. The number of fused-ring (bicyclic) bond motifs is 1. The zero-order chi connectivity index (χ0) is 16.4. The van der Waals surface area contributed by atoms with Gasteiger partial charge in [-0.05, 0) is 35.4 Å². The Morgan fingerprint density at radius 2 is 2.29 bits per heavy atom. The first kappa shape index (κ1) is 15.3. The fourth-order valence-electron chi connectivity index (χ4n) is 2.73. The molecule has 0 amide bonds. The summed E-state index contributed by atoms with van der Waals surface area (Å²) in [5.41, 5.74) is 0.515. The van der Waals surface area contributed by atoms with Crippen LogP contribution in [-0.2, 0) is 17.8 Å². The Kier molecular flexibility index (Phi) is 4.30. The predicted molar refractivity (Wildman–Crippen MR) is 87.0 cm³/mol. The number of hydrogen-bond acceptors (Lipinski definition) is 7. The van der Waals surface area contributed by atoms with Gasteiger partial charge in [0.15, 0.2) is 5.65 Å². The molecule has 0 saturated carbocycles. The predicted octanol–water partition coefficient (Wildman–Crippen LogP) is 0.454. The molecule has 4 heterocycles. The molecule has 0 bridgehead atoms. The van der Waals surface area contributed by atoms with Crippen molar-refractivity contribution in [1.29, 1.82) is 0 Å². The van der Waals surface area contributed by atoms with Gasteiger partial charge in [-0.25, -0.2) is 14.2 Å². The van der Waals surface area contributed by atoms with Gasteiger partial charge in [0, 0.05) is 18.6 Å². The van der Waals surface area contributed by atoms with Crippen LogP contribution in [0.3, 0.4) is 0 Å². The first-order valence-electron chi connectivity index (χ1n) is 7.86. The summed E-state index contributed by atoms with van der Waals surface area (Å²) in [6.07, 6.45) is 4.04. The standard InChI is InChI=1S/C14H17N7O2S/c22-14-19-6-2-1-5-12(19)16-20(14)7-9-24-13-15-17-18-21(13)10-11-4-3-8-23-11/h1-2,5-6,11H,3-4,7-10H2. The zero-order valence-corrected chi connectivity index (χ0v) is 13.8. The van der Waals surface area contributed by atoms with Crippen molar-refractivity contribution in [3.05, 3.63) is 34.9 Å². The number of thioether (sulfide) groups is 1. The molecule has 1 unspecified atom stereocenters. The summed E-state index contributed by atoms with van der Waals surface area (Å²) in [4.78, 5) is 12.2. The molecule has 1 saturated heterocycles. The van der Waals surface area contributed by atoms with Crippen molar-refractivity contribution in [1.82, 2.24) is 34.4 Å². The van der Waals surface area contributed by atoms with Gasteiger partial charge in [0.2, 0.25) is 5.16 Å².